The molecule has 25 heavy (non-hydrogen) atoms. The largest absolute Gasteiger partial charge is 0.497 e. The lowest BCUT2D eigenvalue weighted by Crippen LogP contribution is -2.23. The zero-order valence-corrected chi connectivity index (χ0v) is 14.3. The number of methoxy groups -OCH3 is 2. The normalized spacial score (nSPS) is 11.1. The summed E-state index contributed by atoms with van der Waals surface area (Å²) >= 11 is 0. The van der Waals surface area contributed by atoms with Gasteiger partial charge in [-0.1, -0.05) is 0 Å². The molecule has 0 aromatic heterocycles. The van der Waals surface area contributed by atoms with Crippen molar-refractivity contribution in [2.75, 3.05) is 32.7 Å². The molecule has 134 valence electrons. The van der Waals surface area contributed by atoms with E-state index in [2.05, 4.69) is 10.3 Å². The first-order valence-corrected chi connectivity index (χ1v) is 7.79. The van der Waals surface area contributed by atoms with Gasteiger partial charge in [0.25, 0.3) is 0 Å². The van der Waals surface area contributed by atoms with Crippen LogP contribution in [-0.4, -0.2) is 33.3 Å². The fourth-order valence-corrected chi connectivity index (χ4v) is 2.07. The Hall–Kier alpha value is -2.96. The molecule has 7 heteroatoms. The molecule has 0 aliphatic carbocycles. The molecule has 2 aromatic rings. The monoisotopic (exact) mass is 347 g/mol. The third-order valence-electron chi connectivity index (χ3n) is 3.34. The number of anilines is 1. The van der Waals surface area contributed by atoms with Crippen LogP contribution in [0.25, 0.3) is 0 Å². The van der Waals surface area contributed by atoms with E-state index in [1.54, 1.807) is 44.6 Å². The Morgan fingerprint density at radius 2 is 1.80 bits per heavy atom. The lowest BCUT2D eigenvalue weighted by molar-refractivity contribution is 0.313. The van der Waals surface area contributed by atoms with E-state index in [0.29, 0.717) is 42.5 Å². The molecular formula is C18H22FN3O3. The highest BCUT2D eigenvalue weighted by atomic mass is 19.1. The minimum Gasteiger partial charge on any atom is -0.497 e. The van der Waals surface area contributed by atoms with Crippen molar-refractivity contribution in [2.24, 2.45) is 10.7 Å². The maximum absolute atomic E-state index is 12.8. The van der Waals surface area contributed by atoms with Crippen molar-refractivity contribution in [3.63, 3.8) is 0 Å². The molecule has 3 N–H and O–H groups in total. The van der Waals surface area contributed by atoms with Gasteiger partial charge >= 0.3 is 0 Å². The molecule has 6 nitrogen and oxygen atoms in total. The van der Waals surface area contributed by atoms with Crippen LogP contribution in [0.3, 0.4) is 0 Å². The van der Waals surface area contributed by atoms with E-state index >= 15 is 0 Å². The van der Waals surface area contributed by atoms with Gasteiger partial charge in [0, 0.05) is 19.0 Å². The number of nitrogens with one attached hydrogen (secondary N) is 1. The van der Waals surface area contributed by atoms with Crippen LogP contribution in [0.5, 0.6) is 17.2 Å². The number of halogens is 1. The van der Waals surface area contributed by atoms with Crippen LogP contribution in [0.1, 0.15) is 6.42 Å². The Bertz CT molecular complexity index is 705. The summed E-state index contributed by atoms with van der Waals surface area (Å²) in [6.07, 6.45) is 0.676. The van der Waals surface area contributed by atoms with E-state index in [9.17, 15) is 4.39 Å². The molecule has 0 heterocycles. The van der Waals surface area contributed by atoms with Gasteiger partial charge < -0.3 is 25.3 Å². The van der Waals surface area contributed by atoms with Crippen molar-refractivity contribution in [3.05, 3.63) is 48.3 Å². The summed E-state index contributed by atoms with van der Waals surface area (Å²) in [5.41, 5.74) is 6.56. The smallest absolute Gasteiger partial charge is 0.193 e. The van der Waals surface area contributed by atoms with Gasteiger partial charge in [-0.2, -0.15) is 0 Å². The lowest BCUT2D eigenvalue weighted by atomic mass is 10.2. The maximum Gasteiger partial charge on any atom is 0.193 e. The van der Waals surface area contributed by atoms with E-state index in [-0.39, 0.29) is 11.8 Å². The molecule has 0 saturated heterocycles. The molecule has 0 unspecified atom stereocenters. The molecule has 0 amide bonds. The van der Waals surface area contributed by atoms with Crippen molar-refractivity contribution in [3.8, 4) is 17.2 Å². The molecule has 0 bridgehead atoms. The Labute approximate surface area is 146 Å². The summed E-state index contributed by atoms with van der Waals surface area (Å²) in [5, 5.41) is 2.99. The Balaban J connectivity index is 1.80. The van der Waals surface area contributed by atoms with E-state index in [1.165, 1.54) is 12.1 Å². The summed E-state index contributed by atoms with van der Waals surface area (Å²) in [4.78, 5) is 4.24. The first kappa shape index (κ1) is 18.4. The Morgan fingerprint density at radius 3 is 2.48 bits per heavy atom. The molecular weight excluding hydrogens is 325 g/mol. The van der Waals surface area contributed by atoms with E-state index in [1.807, 2.05) is 0 Å². The first-order chi connectivity index (χ1) is 12.1. The van der Waals surface area contributed by atoms with E-state index in [4.69, 9.17) is 19.9 Å². The zero-order valence-electron chi connectivity index (χ0n) is 14.3. The third kappa shape index (κ3) is 5.87. The highest BCUT2D eigenvalue weighted by Crippen LogP contribution is 2.28. The summed E-state index contributed by atoms with van der Waals surface area (Å²) in [6, 6.07) is 11.2. The predicted molar refractivity (Wildman–Crippen MR) is 96.2 cm³/mol. The number of benzene rings is 2. The van der Waals surface area contributed by atoms with Crippen LogP contribution < -0.4 is 25.3 Å². The third-order valence-corrected chi connectivity index (χ3v) is 3.34. The minimum atomic E-state index is -0.288. The van der Waals surface area contributed by atoms with Crippen LogP contribution in [0, 0.1) is 5.82 Å². The number of aliphatic imine (C=N–C) groups is 1. The fourth-order valence-electron chi connectivity index (χ4n) is 2.07. The summed E-state index contributed by atoms with van der Waals surface area (Å²) in [5.74, 6) is 1.93. The van der Waals surface area contributed by atoms with Gasteiger partial charge in [-0.25, -0.2) is 4.39 Å². The Kier molecular flexibility index (Phi) is 6.88. The van der Waals surface area contributed by atoms with Crippen molar-refractivity contribution in [1.82, 2.24) is 0 Å². The molecule has 0 spiro atoms. The van der Waals surface area contributed by atoms with Crippen LogP contribution in [0.15, 0.2) is 47.5 Å². The molecule has 0 fully saturated rings. The number of guanidine groups is 1. The van der Waals surface area contributed by atoms with Crippen LogP contribution >= 0.6 is 0 Å². The number of hydrogen-bond acceptors (Lipinski definition) is 4. The average Bonchev–Trinajstić information content (AvgIpc) is 2.63. The maximum atomic E-state index is 12.8. The number of ether oxygens (including phenoxy) is 3. The second-order valence-electron chi connectivity index (χ2n) is 5.11. The average molecular weight is 347 g/mol. The summed E-state index contributed by atoms with van der Waals surface area (Å²) < 4.78 is 28.7. The molecule has 0 aliphatic heterocycles. The SMILES string of the molecule is COc1ccc(OC)c(NC(N)=NCCCOc2ccc(F)cc2)c1. The molecule has 2 rings (SSSR count). The van der Waals surface area contributed by atoms with Crippen molar-refractivity contribution in [2.45, 2.75) is 6.42 Å². The molecule has 0 aliphatic rings. The van der Waals surface area contributed by atoms with Crippen molar-refractivity contribution in [1.29, 1.82) is 0 Å². The van der Waals surface area contributed by atoms with Crippen LogP contribution in [0.4, 0.5) is 10.1 Å². The standard InChI is InChI=1S/C18H22FN3O3/c1-23-15-8-9-17(24-2)16(12-15)22-18(20)21-10-3-11-25-14-6-4-13(19)5-7-14/h4-9,12H,3,10-11H2,1-2H3,(H3,20,21,22). The minimum absolute atomic E-state index is 0.272. The quantitative estimate of drug-likeness (QED) is 0.436. The summed E-state index contributed by atoms with van der Waals surface area (Å²) in [7, 11) is 3.16. The molecule has 0 saturated carbocycles. The lowest BCUT2D eigenvalue weighted by Gasteiger charge is -2.12. The van der Waals surface area contributed by atoms with Gasteiger partial charge in [-0.05, 0) is 36.4 Å². The highest BCUT2D eigenvalue weighted by molar-refractivity contribution is 5.94. The van der Waals surface area contributed by atoms with Gasteiger partial charge in [0.15, 0.2) is 5.96 Å². The predicted octanol–water partition coefficient (Wildman–Crippen LogP) is 3.04. The first-order valence-electron chi connectivity index (χ1n) is 7.79. The topological polar surface area (TPSA) is 78.1 Å². The second kappa shape index (κ2) is 9.36. The molecule has 2 aromatic carbocycles. The van der Waals surface area contributed by atoms with E-state index in [0.717, 1.165) is 0 Å². The number of nitrogens with two attached hydrogens (primary N) is 1. The van der Waals surface area contributed by atoms with Gasteiger partial charge in [-0.15, -0.1) is 0 Å². The highest BCUT2D eigenvalue weighted by Gasteiger charge is 2.06. The van der Waals surface area contributed by atoms with Gasteiger partial charge in [0.1, 0.15) is 23.1 Å². The van der Waals surface area contributed by atoms with Gasteiger partial charge in [-0.3, -0.25) is 4.99 Å². The van der Waals surface area contributed by atoms with Crippen molar-refractivity contribution >= 4 is 11.6 Å². The summed E-state index contributed by atoms with van der Waals surface area (Å²) in [6.45, 7) is 0.956. The Morgan fingerprint density at radius 1 is 1.08 bits per heavy atom. The molecule has 0 radical (unpaired) electrons. The van der Waals surface area contributed by atoms with Gasteiger partial charge in [0.2, 0.25) is 0 Å². The number of hydrogen-bond donors (Lipinski definition) is 2. The number of rotatable bonds is 8. The zero-order chi connectivity index (χ0) is 18.1. The van der Waals surface area contributed by atoms with E-state index < -0.39 is 0 Å². The van der Waals surface area contributed by atoms with Gasteiger partial charge in [0.05, 0.1) is 26.5 Å². The van der Waals surface area contributed by atoms with Crippen LogP contribution in [0.2, 0.25) is 0 Å². The number of nitrogens with zero attached hydrogens (tertiary/aromatic N) is 1. The molecule has 0 atom stereocenters. The fraction of sp³-hybridized carbons (Fsp3) is 0.278. The second-order valence-corrected chi connectivity index (χ2v) is 5.11. The van der Waals surface area contributed by atoms with Crippen molar-refractivity contribution < 1.29 is 18.6 Å². The van der Waals surface area contributed by atoms with Crippen LogP contribution in [-0.2, 0) is 0 Å².